The Bertz CT molecular complexity index is 2760. The Labute approximate surface area is 311 Å². The van der Waals surface area contributed by atoms with Crippen LogP contribution < -0.4 is 17.1 Å². The van der Waals surface area contributed by atoms with E-state index in [1.807, 2.05) is 0 Å². The molecule has 1 aromatic heterocycles. The fraction of sp³-hybridized carbons (Fsp3) is 0.0909. The molecule has 1 heterocycles. The Balaban J connectivity index is 2.54. The third kappa shape index (κ3) is 7.14. The van der Waals surface area contributed by atoms with E-state index in [4.69, 9.17) is 0 Å². The summed E-state index contributed by atoms with van der Waals surface area (Å²) in [6, 6.07) is 2.46. The van der Waals surface area contributed by atoms with E-state index in [-0.39, 0.29) is 30.4 Å². The van der Waals surface area contributed by atoms with Gasteiger partial charge in [0.1, 0.15) is 51.2 Å². The lowest BCUT2D eigenvalue weighted by atomic mass is 10.1. The number of benzene rings is 3. The van der Waals surface area contributed by atoms with E-state index in [0.29, 0.717) is 0 Å². The van der Waals surface area contributed by atoms with Gasteiger partial charge in [-0.1, -0.05) is 0 Å². The summed E-state index contributed by atoms with van der Waals surface area (Å²) in [5, 5.41) is 0. The molecule has 24 heteroatoms. The summed E-state index contributed by atoms with van der Waals surface area (Å²) in [4.78, 5) is 177. The minimum absolute atomic E-state index is 0.239. The first kappa shape index (κ1) is 40.3. The average Bonchev–Trinajstić information content (AvgIpc) is 3.17. The molecule has 0 amide bonds. The fourth-order valence-corrected chi connectivity index (χ4v) is 5.46. The molecule has 0 spiro atoms. The van der Waals surface area contributed by atoms with Crippen molar-refractivity contribution in [1.82, 2.24) is 13.7 Å². The zero-order valence-electron chi connectivity index (χ0n) is 28.5. The van der Waals surface area contributed by atoms with Gasteiger partial charge in [0.15, 0.2) is 0 Å². The van der Waals surface area contributed by atoms with Crippen molar-refractivity contribution in [1.29, 1.82) is 0 Å². The van der Waals surface area contributed by atoms with Gasteiger partial charge in [0.05, 0.1) is 17.1 Å². The molecule has 0 unspecified atom stereocenters. The highest BCUT2D eigenvalue weighted by Gasteiger charge is 2.28. The summed E-state index contributed by atoms with van der Waals surface area (Å²) in [5.41, 5.74) is -13.1. The van der Waals surface area contributed by atoms with Crippen molar-refractivity contribution in [3.8, 4) is 17.1 Å². The number of isocyanates is 9. The Morgan fingerprint density at radius 1 is 0.333 bits per heavy atom. The van der Waals surface area contributed by atoms with Gasteiger partial charge < -0.3 is 0 Å². The fourth-order valence-electron chi connectivity index (χ4n) is 5.46. The van der Waals surface area contributed by atoms with Crippen molar-refractivity contribution in [2.24, 2.45) is 44.9 Å². The van der Waals surface area contributed by atoms with Crippen molar-refractivity contribution in [2.45, 2.75) is 20.8 Å². The van der Waals surface area contributed by atoms with Crippen molar-refractivity contribution >= 4 is 106 Å². The summed E-state index contributed by atoms with van der Waals surface area (Å²) >= 11 is 0. The maximum absolute atomic E-state index is 14.7. The van der Waals surface area contributed by atoms with E-state index >= 15 is 0 Å². The Hall–Kier alpha value is -9.51. The standard InChI is InChI=1S/C33H12N12O12/c1-16-22(4-19(34-7-46)28(40-13-52)25(16)37-10-49)43-31(55)44(23-5-20(35-8-47)29(41-14-53)26(17(23)2)38-11-50)33(57)45(32(43)56)24-6-21(36-9-48)30(42-15-54)27(18(24)3)39-12-51/h4-6H,1-3H3. The predicted molar refractivity (Wildman–Crippen MR) is 187 cm³/mol. The summed E-state index contributed by atoms with van der Waals surface area (Å²) in [6.45, 7) is 3.43. The van der Waals surface area contributed by atoms with Gasteiger partial charge in [-0.2, -0.15) is 44.9 Å². The van der Waals surface area contributed by atoms with Gasteiger partial charge in [0.25, 0.3) is 0 Å². The number of hydrogen-bond donors (Lipinski definition) is 0. The van der Waals surface area contributed by atoms with Crippen LogP contribution in [0, 0.1) is 20.8 Å². The first-order valence-corrected chi connectivity index (χ1v) is 14.7. The summed E-state index contributed by atoms with van der Waals surface area (Å²) in [5.74, 6) is 0. The van der Waals surface area contributed by atoms with Gasteiger partial charge in [-0.15, -0.1) is 0 Å². The molecule has 0 saturated heterocycles. The van der Waals surface area contributed by atoms with Gasteiger partial charge in [0, 0.05) is 16.7 Å². The minimum Gasteiger partial charge on any atom is -0.246 e. The molecular formula is C33H12N12O12. The SMILES string of the molecule is Cc1c(-n2c(=O)n(-c3cc(N=C=O)c(N=C=O)c(N=C=O)c3C)c(=O)n(-c3cc(N=C=O)c(N=C=O)c(N=C=O)c3C)c2=O)cc(N=C=O)c(N=C=O)c1N=C=O. The van der Waals surface area contributed by atoms with Gasteiger partial charge in [0.2, 0.25) is 54.7 Å². The predicted octanol–water partition coefficient (Wildman–Crippen LogP) is 2.77. The van der Waals surface area contributed by atoms with E-state index in [1.54, 1.807) is 0 Å². The molecule has 0 atom stereocenters. The lowest BCUT2D eigenvalue weighted by molar-refractivity contribution is 0.564. The van der Waals surface area contributed by atoms with Crippen LogP contribution in [0.15, 0.2) is 77.5 Å². The Morgan fingerprint density at radius 3 is 0.719 bits per heavy atom. The van der Waals surface area contributed by atoms with Crippen LogP contribution in [0.25, 0.3) is 17.1 Å². The second-order valence-electron chi connectivity index (χ2n) is 10.4. The number of aliphatic imine (C=N–C) groups is 9. The first-order valence-electron chi connectivity index (χ1n) is 14.7. The van der Waals surface area contributed by atoms with Gasteiger partial charge in [-0.05, 0) is 39.0 Å². The zero-order chi connectivity index (χ0) is 42.0. The molecule has 4 rings (SSSR count). The molecule has 276 valence electrons. The molecule has 3 aromatic carbocycles. The molecule has 57 heavy (non-hydrogen) atoms. The molecule has 4 aromatic rings. The highest BCUT2D eigenvalue weighted by atomic mass is 16.2. The largest absolute Gasteiger partial charge is 0.345 e. The number of hydrogen-bond acceptors (Lipinski definition) is 21. The van der Waals surface area contributed by atoms with Crippen LogP contribution in [0.4, 0.5) is 51.2 Å². The molecule has 0 aliphatic carbocycles. The van der Waals surface area contributed by atoms with Crippen LogP contribution >= 0.6 is 0 Å². The molecule has 24 nitrogen and oxygen atoms in total. The van der Waals surface area contributed by atoms with E-state index < -0.39 is 85.3 Å². The smallest absolute Gasteiger partial charge is 0.246 e. The monoisotopic (exact) mass is 768 g/mol. The van der Waals surface area contributed by atoms with Crippen LogP contribution in [-0.4, -0.2) is 68.4 Å². The summed E-state index contributed by atoms with van der Waals surface area (Å²) in [7, 11) is 0. The van der Waals surface area contributed by atoms with Crippen LogP contribution in [0.1, 0.15) is 16.7 Å². The van der Waals surface area contributed by atoms with E-state index in [9.17, 15) is 57.5 Å². The van der Waals surface area contributed by atoms with Crippen LogP contribution in [0.2, 0.25) is 0 Å². The second-order valence-corrected chi connectivity index (χ2v) is 10.4. The van der Waals surface area contributed by atoms with Crippen LogP contribution in [-0.2, 0) is 43.2 Å². The molecule has 0 N–H and O–H groups in total. The zero-order valence-corrected chi connectivity index (χ0v) is 28.5. The third-order valence-electron chi connectivity index (χ3n) is 7.75. The van der Waals surface area contributed by atoms with E-state index in [1.165, 1.54) is 36.5 Å². The summed E-state index contributed by atoms with van der Waals surface area (Å²) < 4.78 is 0.718. The van der Waals surface area contributed by atoms with Gasteiger partial charge >= 0.3 is 17.1 Å². The maximum atomic E-state index is 14.7. The van der Waals surface area contributed by atoms with Gasteiger partial charge in [-0.25, -0.2) is 71.2 Å². The lowest BCUT2D eigenvalue weighted by Crippen LogP contribution is -2.53. The van der Waals surface area contributed by atoms with Crippen LogP contribution in [0.5, 0.6) is 0 Å². The number of rotatable bonds is 12. The molecule has 0 bridgehead atoms. The molecule has 0 radical (unpaired) electrons. The number of aromatic nitrogens is 3. The topological polar surface area (TPSA) is 331 Å². The quantitative estimate of drug-likeness (QED) is 0.148. The van der Waals surface area contributed by atoms with E-state index in [2.05, 4.69) is 44.9 Å². The maximum Gasteiger partial charge on any atom is 0.345 e. The minimum atomic E-state index is -1.60. The third-order valence-corrected chi connectivity index (χ3v) is 7.75. The number of nitrogens with zero attached hydrogens (tertiary/aromatic N) is 12. The number of carbonyl (C=O) groups excluding carboxylic acids is 9. The van der Waals surface area contributed by atoms with E-state index in [0.717, 1.165) is 57.2 Å². The normalized spacial score (nSPS) is 9.53. The molecule has 0 aliphatic rings. The Morgan fingerprint density at radius 2 is 0.526 bits per heavy atom. The van der Waals surface area contributed by atoms with Crippen LogP contribution in [0.3, 0.4) is 0 Å². The van der Waals surface area contributed by atoms with Crippen molar-refractivity contribution in [2.75, 3.05) is 0 Å². The van der Waals surface area contributed by atoms with Crippen molar-refractivity contribution in [3.63, 3.8) is 0 Å². The van der Waals surface area contributed by atoms with Crippen molar-refractivity contribution in [3.05, 3.63) is 66.3 Å². The average molecular weight is 769 g/mol. The Kier molecular flexibility index (Phi) is 12.2. The molecule has 0 fully saturated rings. The first-order chi connectivity index (χ1) is 27.5. The lowest BCUT2D eigenvalue weighted by Gasteiger charge is -2.20. The molecule has 0 saturated carbocycles. The highest BCUT2D eigenvalue weighted by molar-refractivity contribution is 5.88. The second kappa shape index (κ2) is 17.3. The molecule has 0 aliphatic heterocycles. The van der Waals surface area contributed by atoms with Crippen molar-refractivity contribution < 1.29 is 43.2 Å². The highest BCUT2D eigenvalue weighted by Crippen LogP contribution is 2.45. The van der Waals surface area contributed by atoms with Gasteiger partial charge in [-0.3, -0.25) is 0 Å². The summed E-state index contributed by atoms with van der Waals surface area (Å²) in [6.07, 6.45) is 10.5. The molecular weight excluding hydrogens is 756 g/mol.